The van der Waals surface area contributed by atoms with Gasteiger partial charge >= 0.3 is 0 Å². The fraction of sp³-hybridized carbons (Fsp3) is 0.176. The quantitative estimate of drug-likeness (QED) is 0.850. The number of hydrogen-bond acceptors (Lipinski definition) is 2. The summed E-state index contributed by atoms with van der Waals surface area (Å²) in [6.07, 6.45) is 0.411. The van der Waals surface area contributed by atoms with Crippen LogP contribution in [0.25, 0.3) is 0 Å². The maximum Gasteiger partial charge on any atom is 0.255 e. The van der Waals surface area contributed by atoms with Crippen LogP contribution in [0, 0.1) is 6.92 Å². The normalized spacial score (nSPS) is 10.1. The second-order valence-corrected chi connectivity index (χ2v) is 5.76. The van der Waals surface area contributed by atoms with Gasteiger partial charge in [0.05, 0.1) is 0 Å². The molecule has 0 fully saturated rings. The van der Waals surface area contributed by atoms with Crippen LogP contribution >= 0.6 is 15.9 Å². The van der Waals surface area contributed by atoms with Gasteiger partial charge in [-0.3, -0.25) is 9.59 Å². The fourth-order valence-electron chi connectivity index (χ4n) is 1.97. The Balaban J connectivity index is 2.21. The number of carbonyl (C=O) groups excluding carboxylic acids is 2. The van der Waals surface area contributed by atoms with Crippen molar-refractivity contribution >= 4 is 39.1 Å². The molecule has 5 heteroatoms. The number of benzene rings is 2. The molecule has 2 aromatic rings. The Morgan fingerprint density at radius 2 is 1.68 bits per heavy atom. The molecule has 0 aliphatic carbocycles. The molecule has 2 N–H and O–H groups in total. The van der Waals surface area contributed by atoms with E-state index in [1.165, 1.54) is 0 Å². The first-order chi connectivity index (χ1) is 10.5. The third-order valence-electron chi connectivity index (χ3n) is 3.26. The smallest absolute Gasteiger partial charge is 0.255 e. The SMILES string of the molecule is CCC(=O)Nc1cccc(NC(=O)c2cccc(Br)c2)c1C. The molecule has 22 heavy (non-hydrogen) atoms. The number of rotatable bonds is 4. The van der Waals surface area contributed by atoms with E-state index in [9.17, 15) is 9.59 Å². The van der Waals surface area contributed by atoms with Crippen LogP contribution in [0.5, 0.6) is 0 Å². The Bertz CT molecular complexity index is 714. The van der Waals surface area contributed by atoms with E-state index in [0.29, 0.717) is 23.4 Å². The predicted octanol–water partition coefficient (Wildman–Crippen LogP) is 4.36. The van der Waals surface area contributed by atoms with E-state index < -0.39 is 0 Å². The van der Waals surface area contributed by atoms with Gasteiger partial charge in [0, 0.05) is 27.8 Å². The van der Waals surface area contributed by atoms with Crippen LogP contribution in [0.2, 0.25) is 0 Å². The van der Waals surface area contributed by atoms with Gasteiger partial charge in [-0.05, 0) is 42.8 Å². The lowest BCUT2D eigenvalue weighted by atomic mass is 10.1. The van der Waals surface area contributed by atoms with Gasteiger partial charge in [0.2, 0.25) is 5.91 Å². The molecule has 0 bridgehead atoms. The lowest BCUT2D eigenvalue weighted by Crippen LogP contribution is -2.15. The molecule has 0 saturated heterocycles. The summed E-state index contributed by atoms with van der Waals surface area (Å²) in [6.45, 7) is 3.66. The summed E-state index contributed by atoms with van der Waals surface area (Å²) in [7, 11) is 0. The molecule has 114 valence electrons. The van der Waals surface area contributed by atoms with E-state index in [2.05, 4.69) is 26.6 Å². The zero-order valence-electron chi connectivity index (χ0n) is 12.4. The van der Waals surface area contributed by atoms with Gasteiger partial charge in [-0.15, -0.1) is 0 Å². The third-order valence-corrected chi connectivity index (χ3v) is 3.76. The molecule has 0 atom stereocenters. The summed E-state index contributed by atoms with van der Waals surface area (Å²) in [5, 5.41) is 5.70. The third kappa shape index (κ3) is 3.95. The van der Waals surface area contributed by atoms with Crippen LogP contribution in [0.1, 0.15) is 29.3 Å². The van der Waals surface area contributed by atoms with Crippen molar-refractivity contribution in [1.82, 2.24) is 0 Å². The Morgan fingerprint density at radius 1 is 1.05 bits per heavy atom. The van der Waals surface area contributed by atoms with Gasteiger partial charge < -0.3 is 10.6 Å². The molecule has 0 aliphatic rings. The van der Waals surface area contributed by atoms with Gasteiger partial charge in [-0.25, -0.2) is 0 Å². The summed E-state index contributed by atoms with van der Waals surface area (Å²) in [6, 6.07) is 12.6. The average molecular weight is 361 g/mol. The lowest BCUT2D eigenvalue weighted by molar-refractivity contribution is -0.115. The maximum absolute atomic E-state index is 12.3. The van der Waals surface area contributed by atoms with Crippen LogP contribution in [0.15, 0.2) is 46.9 Å². The molecule has 0 radical (unpaired) electrons. The highest BCUT2D eigenvalue weighted by molar-refractivity contribution is 9.10. The molecule has 0 spiro atoms. The standard InChI is InChI=1S/C17H17BrN2O2/c1-3-16(21)19-14-8-5-9-15(11(14)2)20-17(22)12-6-4-7-13(18)10-12/h4-10H,3H2,1-2H3,(H,19,21)(H,20,22). The monoisotopic (exact) mass is 360 g/mol. The number of amides is 2. The highest BCUT2D eigenvalue weighted by Crippen LogP contribution is 2.24. The molecular formula is C17H17BrN2O2. The van der Waals surface area contributed by atoms with Crippen molar-refractivity contribution in [1.29, 1.82) is 0 Å². The molecule has 2 aromatic carbocycles. The summed E-state index contributed by atoms with van der Waals surface area (Å²) < 4.78 is 0.848. The van der Waals surface area contributed by atoms with Crippen LogP contribution < -0.4 is 10.6 Å². The lowest BCUT2D eigenvalue weighted by Gasteiger charge is -2.13. The van der Waals surface area contributed by atoms with Crippen molar-refractivity contribution in [2.24, 2.45) is 0 Å². The molecule has 0 aromatic heterocycles. The second-order valence-electron chi connectivity index (χ2n) is 4.84. The van der Waals surface area contributed by atoms with Crippen LogP contribution in [-0.4, -0.2) is 11.8 Å². The highest BCUT2D eigenvalue weighted by Gasteiger charge is 2.11. The average Bonchev–Trinajstić information content (AvgIpc) is 2.51. The predicted molar refractivity (Wildman–Crippen MR) is 92.2 cm³/mol. The Kier molecular flexibility index (Phi) is 5.33. The topological polar surface area (TPSA) is 58.2 Å². The summed E-state index contributed by atoms with van der Waals surface area (Å²) in [4.78, 5) is 23.8. The highest BCUT2D eigenvalue weighted by atomic mass is 79.9. The van der Waals surface area contributed by atoms with Gasteiger partial charge in [-0.2, -0.15) is 0 Å². The first-order valence-corrected chi connectivity index (χ1v) is 7.77. The van der Waals surface area contributed by atoms with Gasteiger partial charge in [-0.1, -0.05) is 35.0 Å². The summed E-state index contributed by atoms with van der Waals surface area (Å²) in [5.74, 6) is -0.248. The Morgan fingerprint density at radius 3 is 2.32 bits per heavy atom. The van der Waals surface area contributed by atoms with Gasteiger partial charge in [0.1, 0.15) is 0 Å². The van der Waals surface area contributed by atoms with E-state index in [4.69, 9.17) is 0 Å². The number of carbonyl (C=O) groups is 2. The second kappa shape index (κ2) is 7.22. The first-order valence-electron chi connectivity index (χ1n) is 6.97. The van der Waals surface area contributed by atoms with Crippen molar-refractivity contribution < 1.29 is 9.59 Å². The molecule has 0 unspecified atom stereocenters. The summed E-state index contributed by atoms with van der Waals surface area (Å²) >= 11 is 3.35. The minimum Gasteiger partial charge on any atom is -0.326 e. The van der Waals surface area contributed by atoms with Gasteiger partial charge in [0.15, 0.2) is 0 Å². The van der Waals surface area contributed by atoms with E-state index >= 15 is 0 Å². The fourth-order valence-corrected chi connectivity index (χ4v) is 2.37. The molecule has 2 amide bonds. The minimum absolute atomic E-state index is 0.0569. The Hall–Kier alpha value is -2.14. The number of halogens is 1. The van der Waals surface area contributed by atoms with Crippen molar-refractivity contribution in [3.05, 3.63) is 58.1 Å². The van der Waals surface area contributed by atoms with Gasteiger partial charge in [0.25, 0.3) is 5.91 Å². The van der Waals surface area contributed by atoms with E-state index in [1.807, 2.05) is 31.2 Å². The van der Waals surface area contributed by atoms with Crippen molar-refractivity contribution in [2.45, 2.75) is 20.3 Å². The van der Waals surface area contributed by atoms with E-state index in [0.717, 1.165) is 10.0 Å². The molecule has 0 heterocycles. The number of hydrogen-bond donors (Lipinski definition) is 2. The largest absolute Gasteiger partial charge is 0.326 e. The zero-order valence-corrected chi connectivity index (χ0v) is 14.0. The molecule has 4 nitrogen and oxygen atoms in total. The zero-order chi connectivity index (χ0) is 16.1. The van der Waals surface area contributed by atoms with E-state index in [1.54, 1.807) is 25.1 Å². The van der Waals surface area contributed by atoms with E-state index in [-0.39, 0.29) is 11.8 Å². The molecule has 0 aliphatic heterocycles. The van der Waals surface area contributed by atoms with Crippen molar-refractivity contribution in [2.75, 3.05) is 10.6 Å². The number of nitrogens with one attached hydrogen (secondary N) is 2. The van der Waals surface area contributed by atoms with Crippen LogP contribution in [-0.2, 0) is 4.79 Å². The minimum atomic E-state index is -0.191. The first kappa shape index (κ1) is 16.2. The van der Waals surface area contributed by atoms with Crippen LogP contribution in [0.4, 0.5) is 11.4 Å². The summed E-state index contributed by atoms with van der Waals surface area (Å²) in [5.41, 5.74) is 2.78. The Labute approximate surface area is 138 Å². The van der Waals surface area contributed by atoms with Crippen molar-refractivity contribution in [3.63, 3.8) is 0 Å². The van der Waals surface area contributed by atoms with Crippen molar-refractivity contribution in [3.8, 4) is 0 Å². The number of anilines is 2. The molecular weight excluding hydrogens is 344 g/mol. The molecule has 0 saturated carbocycles. The van der Waals surface area contributed by atoms with Crippen LogP contribution in [0.3, 0.4) is 0 Å². The molecule has 2 rings (SSSR count). The maximum atomic E-state index is 12.3.